The van der Waals surface area contributed by atoms with Crippen LogP contribution in [0.4, 0.5) is 11.4 Å². The van der Waals surface area contributed by atoms with Gasteiger partial charge in [0.15, 0.2) is 0 Å². The van der Waals surface area contributed by atoms with E-state index >= 15 is 0 Å². The van der Waals surface area contributed by atoms with Gasteiger partial charge in [0, 0.05) is 6.07 Å². The standard InChI is InChI=1S/C14H18N2O5/c1-21-14(18)12(8-17)15-11-6-9-4-2-3-5-10(9)7-13(11)16(19)20/h6-7,12,15,17H,2-5,8H2,1H3. The van der Waals surface area contributed by atoms with Crippen molar-refractivity contribution in [3.63, 3.8) is 0 Å². The number of benzene rings is 1. The molecule has 0 aliphatic heterocycles. The van der Waals surface area contributed by atoms with Crippen LogP contribution in [-0.2, 0) is 22.4 Å². The van der Waals surface area contributed by atoms with Crippen LogP contribution in [0.25, 0.3) is 0 Å². The summed E-state index contributed by atoms with van der Waals surface area (Å²) < 4.78 is 4.56. The van der Waals surface area contributed by atoms with Gasteiger partial charge in [0.05, 0.1) is 18.6 Å². The minimum Gasteiger partial charge on any atom is -0.467 e. The fraction of sp³-hybridized carbons (Fsp3) is 0.500. The van der Waals surface area contributed by atoms with E-state index in [2.05, 4.69) is 10.1 Å². The van der Waals surface area contributed by atoms with Gasteiger partial charge in [0.1, 0.15) is 11.7 Å². The number of nitrogens with one attached hydrogen (secondary N) is 1. The highest BCUT2D eigenvalue weighted by molar-refractivity contribution is 5.81. The van der Waals surface area contributed by atoms with E-state index in [4.69, 9.17) is 0 Å². The van der Waals surface area contributed by atoms with Crippen LogP contribution in [0.3, 0.4) is 0 Å². The first-order chi connectivity index (χ1) is 10.1. The molecule has 21 heavy (non-hydrogen) atoms. The molecule has 1 aliphatic carbocycles. The summed E-state index contributed by atoms with van der Waals surface area (Å²) in [6.45, 7) is -0.499. The maximum absolute atomic E-state index is 11.5. The molecule has 1 aliphatic rings. The molecular weight excluding hydrogens is 276 g/mol. The zero-order valence-corrected chi connectivity index (χ0v) is 11.8. The highest BCUT2D eigenvalue weighted by Gasteiger charge is 2.25. The molecule has 0 radical (unpaired) electrons. The first kappa shape index (κ1) is 15.2. The van der Waals surface area contributed by atoms with E-state index in [9.17, 15) is 20.0 Å². The van der Waals surface area contributed by atoms with E-state index in [1.807, 2.05) is 0 Å². The van der Waals surface area contributed by atoms with E-state index in [1.54, 1.807) is 12.1 Å². The lowest BCUT2D eigenvalue weighted by molar-refractivity contribution is -0.384. The molecular formula is C14H18N2O5. The summed E-state index contributed by atoms with van der Waals surface area (Å²) in [7, 11) is 1.20. The number of aliphatic hydroxyl groups is 1. The van der Waals surface area contributed by atoms with Gasteiger partial charge < -0.3 is 15.2 Å². The molecule has 0 amide bonds. The maximum Gasteiger partial charge on any atom is 0.330 e. The van der Waals surface area contributed by atoms with E-state index < -0.39 is 23.5 Å². The molecule has 1 aromatic carbocycles. The predicted molar refractivity (Wildman–Crippen MR) is 76.3 cm³/mol. The van der Waals surface area contributed by atoms with E-state index in [-0.39, 0.29) is 11.4 Å². The minimum absolute atomic E-state index is 0.0852. The average Bonchev–Trinajstić information content (AvgIpc) is 2.50. The predicted octanol–water partition coefficient (Wildman–Crippen LogP) is 1.42. The van der Waals surface area contributed by atoms with Crippen LogP contribution < -0.4 is 5.32 Å². The molecule has 0 spiro atoms. The van der Waals surface area contributed by atoms with Crippen LogP contribution in [0.1, 0.15) is 24.0 Å². The molecule has 0 saturated carbocycles. The molecule has 0 saturated heterocycles. The number of aryl methyl sites for hydroxylation is 2. The summed E-state index contributed by atoms with van der Waals surface area (Å²) in [5, 5.41) is 23.1. The van der Waals surface area contributed by atoms with Gasteiger partial charge in [-0.1, -0.05) is 0 Å². The maximum atomic E-state index is 11.5. The third-order valence-electron chi connectivity index (χ3n) is 3.65. The third-order valence-corrected chi connectivity index (χ3v) is 3.65. The van der Waals surface area contributed by atoms with E-state index in [1.165, 1.54) is 7.11 Å². The molecule has 114 valence electrons. The topological polar surface area (TPSA) is 102 Å². The lowest BCUT2D eigenvalue weighted by atomic mass is 9.90. The Kier molecular flexibility index (Phi) is 4.74. The number of hydrogen-bond acceptors (Lipinski definition) is 6. The molecule has 0 bridgehead atoms. The highest BCUT2D eigenvalue weighted by Crippen LogP contribution is 2.32. The normalized spacial score (nSPS) is 15.0. The summed E-state index contributed by atoms with van der Waals surface area (Å²) in [5.74, 6) is -0.662. The Bertz CT molecular complexity index is 559. The molecule has 0 aromatic heterocycles. The molecule has 0 fully saturated rings. The molecule has 0 heterocycles. The molecule has 7 heteroatoms. The lowest BCUT2D eigenvalue weighted by Crippen LogP contribution is -2.34. The van der Waals surface area contributed by atoms with Gasteiger partial charge in [0.25, 0.3) is 5.69 Å². The van der Waals surface area contributed by atoms with Crippen molar-refractivity contribution in [2.45, 2.75) is 31.7 Å². The largest absolute Gasteiger partial charge is 0.467 e. The van der Waals surface area contributed by atoms with Gasteiger partial charge in [-0.2, -0.15) is 0 Å². The van der Waals surface area contributed by atoms with Gasteiger partial charge in [0.2, 0.25) is 0 Å². The number of nitro groups is 1. The Morgan fingerprint density at radius 3 is 2.57 bits per heavy atom. The number of esters is 1. The number of nitro benzene ring substituents is 1. The second kappa shape index (κ2) is 6.53. The number of hydrogen-bond donors (Lipinski definition) is 2. The van der Waals surface area contributed by atoms with Crippen LogP contribution >= 0.6 is 0 Å². The minimum atomic E-state index is -1.02. The molecule has 1 unspecified atom stereocenters. The Morgan fingerprint density at radius 2 is 2.05 bits per heavy atom. The number of carbonyl (C=O) groups excluding carboxylic acids is 1. The summed E-state index contributed by atoms with van der Waals surface area (Å²) in [6, 6.07) is 2.25. The quantitative estimate of drug-likeness (QED) is 0.484. The Balaban J connectivity index is 2.36. The van der Waals surface area contributed by atoms with Crippen molar-refractivity contribution in [1.82, 2.24) is 0 Å². The van der Waals surface area contributed by atoms with Crippen molar-refractivity contribution in [3.05, 3.63) is 33.4 Å². The lowest BCUT2D eigenvalue weighted by Gasteiger charge is -2.19. The van der Waals surface area contributed by atoms with Gasteiger partial charge in [-0.15, -0.1) is 0 Å². The van der Waals surface area contributed by atoms with Crippen molar-refractivity contribution >= 4 is 17.3 Å². The fourth-order valence-corrected chi connectivity index (χ4v) is 2.55. The van der Waals surface area contributed by atoms with Crippen molar-refractivity contribution in [2.75, 3.05) is 19.0 Å². The second-order valence-electron chi connectivity index (χ2n) is 5.00. The fourth-order valence-electron chi connectivity index (χ4n) is 2.55. The van der Waals surface area contributed by atoms with Crippen LogP contribution in [0, 0.1) is 10.1 Å². The summed E-state index contributed by atoms with van der Waals surface area (Å²) >= 11 is 0. The molecule has 1 atom stereocenters. The SMILES string of the molecule is COC(=O)C(CO)Nc1cc2c(cc1[N+](=O)[O-])CCCC2. The zero-order valence-electron chi connectivity index (χ0n) is 11.8. The van der Waals surface area contributed by atoms with Crippen LogP contribution in [0.5, 0.6) is 0 Å². The Morgan fingerprint density at radius 1 is 1.43 bits per heavy atom. The summed E-state index contributed by atoms with van der Waals surface area (Å²) in [5.41, 5.74) is 2.19. The van der Waals surface area contributed by atoms with Crippen molar-refractivity contribution in [2.24, 2.45) is 0 Å². The van der Waals surface area contributed by atoms with Crippen molar-refractivity contribution in [1.29, 1.82) is 0 Å². The van der Waals surface area contributed by atoms with Crippen LogP contribution in [0.15, 0.2) is 12.1 Å². The Hall–Kier alpha value is -2.15. The number of aliphatic hydroxyl groups excluding tert-OH is 1. The van der Waals surface area contributed by atoms with E-state index in [0.29, 0.717) is 0 Å². The second-order valence-corrected chi connectivity index (χ2v) is 5.00. The van der Waals surface area contributed by atoms with Crippen molar-refractivity contribution < 1.29 is 19.6 Å². The van der Waals surface area contributed by atoms with E-state index in [0.717, 1.165) is 36.8 Å². The number of ether oxygens (including phenoxy) is 1. The molecule has 2 N–H and O–H groups in total. The number of fused-ring (bicyclic) bond motifs is 1. The Labute approximate surface area is 122 Å². The number of carbonyl (C=O) groups is 1. The first-order valence-electron chi connectivity index (χ1n) is 6.82. The monoisotopic (exact) mass is 294 g/mol. The summed E-state index contributed by atoms with van der Waals surface area (Å²) in [4.78, 5) is 22.2. The van der Waals surface area contributed by atoms with Crippen molar-refractivity contribution in [3.8, 4) is 0 Å². The highest BCUT2D eigenvalue weighted by atomic mass is 16.6. The number of rotatable bonds is 5. The third kappa shape index (κ3) is 3.30. The van der Waals surface area contributed by atoms with Gasteiger partial charge in [-0.3, -0.25) is 10.1 Å². The van der Waals surface area contributed by atoms with Gasteiger partial charge in [-0.05, 0) is 42.9 Å². The molecule has 2 rings (SSSR count). The number of nitrogens with zero attached hydrogens (tertiary/aromatic N) is 1. The first-order valence-corrected chi connectivity index (χ1v) is 6.82. The number of anilines is 1. The van der Waals surface area contributed by atoms with Gasteiger partial charge in [-0.25, -0.2) is 4.79 Å². The average molecular weight is 294 g/mol. The van der Waals surface area contributed by atoms with Crippen LogP contribution in [-0.4, -0.2) is 35.8 Å². The van der Waals surface area contributed by atoms with Crippen LogP contribution in [0.2, 0.25) is 0 Å². The summed E-state index contributed by atoms with van der Waals surface area (Å²) in [6.07, 6.45) is 3.77. The zero-order chi connectivity index (χ0) is 15.4. The van der Waals surface area contributed by atoms with Gasteiger partial charge >= 0.3 is 5.97 Å². The molecule has 1 aromatic rings. The number of methoxy groups -OCH3 is 1. The molecule has 7 nitrogen and oxygen atoms in total. The smallest absolute Gasteiger partial charge is 0.330 e.